The summed E-state index contributed by atoms with van der Waals surface area (Å²) in [6, 6.07) is 3.51. The van der Waals surface area contributed by atoms with Crippen LogP contribution in [0, 0.1) is 0 Å². The number of hydrogen-bond acceptors (Lipinski definition) is 3. The molecule has 0 saturated heterocycles. The number of nitrogens with zero attached hydrogens (tertiary/aromatic N) is 1. The highest BCUT2D eigenvalue weighted by Crippen LogP contribution is 2.37. The second kappa shape index (κ2) is 4.96. The van der Waals surface area contributed by atoms with E-state index in [0.717, 1.165) is 4.47 Å². The lowest BCUT2D eigenvalue weighted by Gasteiger charge is -2.19. The maximum Gasteiger partial charge on any atom is 0.255 e. The molecule has 0 unspecified atom stereocenters. The van der Waals surface area contributed by atoms with Crippen LogP contribution in [0.2, 0.25) is 0 Å². The van der Waals surface area contributed by atoms with Crippen molar-refractivity contribution in [1.29, 1.82) is 0 Å². The Bertz CT molecular complexity index is 444. The van der Waals surface area contributed by atoms with Gasteiger partial charge in [-0.1, -0.05) is 0 Å². The van der Waals surface area contributed by atoms with Gasteiger partial charge in [-0.25, -0.2) is 0 Å². The van der Waals surface area contributed by atoms with E-state index in [1.54, 1.807) is 17.0 Å². The minimum absolute atomic E-state index is 0.000162. The summed E-state index contributed by atoms with van der Waals surface area (Å²) in [5.74, 6) is 1.30. The molecule has 1 aliphatic heterocycles. The number of fused-ring (bicyclic) bond motifs is 1. The fourth-order valence-corrected chi connectivity index (χ4v) is 2.25. The number of halogens is 1. The van der Waals surface area contributed by atoms with Gasteiger partial charge in [0.25, 0.3) is 5.91 Å². The van der Waals surface area contributed by atoms with Crippen LogP contribution in [0.15, 0.2) is 16.6 Å². The molecule has 0 saturated carbocycles. The van der Waals surface area contributed by atoms with Crippen molar-refractivity contribution < 1.29 is 14.3 Å². The second-order valence-electron chi connectivity index (χ2n) is 3.66. The lowest BCUT2D eigenvalue weighted by Crippen LogP contribution is -2.30. The smallest absolute Gasteiger partial charge is 0.255 e. The predicted molar refractivity (Wildman–Crippen MR) is 67.5 cm³/mol. The van der Waals surface area contributed by atoms with Crippen LogP contribution in [-0.2, 0) is 0 Å². The Morgan fingerprint density at radius 3 is 2.47 bits per heavy atom. The third-order valence-electron chi connectivity index (χ3n) is 2.74. The minimum atomic E-state index is 0.000162. The van der Waals surface area contributed by atoms with Crippen molar-refractivity contribution in [3.05, 3.63) is 22.2 Å². The fraction of sp³-hybridized carbons (Fsp3) is 0.417. The predicted octanol–water partition coefficient (Wildman–Crippen LogP) is 2.66. The van der Waals surface area contributed by atoms with Crippen LogP contribution in [-0.4, -0.2) is 30.7 Å². The minimum Gasteiger partial charge on any atom is -0.454 e. The Balaban J connectivity index is 2.35. The summed E-state index contributed by atoms with van der Waals surface area (Å²) in [6.45, 7) is 5.52. The Labute approximate surface area is 109 Å². The molecule has 5 heteroatoms. The molecule has 92 valence electrons. The van der Waals surface area contributed by atoms with Gasteiger partial charge in [0.2, 0.25) is 6.79 Å². The van der Waals surface area contributed by atoms with E-state index in [1.165, 1.54) is 0 Å². The molecule has 4 nitrogen and oxygen atoms in total. The van der Waals surface area contributed by atoms with Crippen molar-refractivity contribution in [2.45, 2.75) is 13.8 Å². The van der Waals surface area contributed by atoms with Gasteiger partial charge in [-0.2, -0.15) is 0 Å². The first-order chi connectivity index (χ1) is 8.17. The average Bonchev–Trinajstić information content (AvgIpc) is 2.76. The van der Waals surface area contributed by atoms with E-state index >= 15 is 0 Å². The molecule has 2 rings (SSSR count). The van der Waals surface area contributed by atoms with Crippen molar-refractivity contribution in [2.75, 3.05) is 19.9 Å². The molecule has 0 bridgehead atoms. The molecule has 0 radical (unpaired) electrons. The number of hydrogen-bond donors (Lipinski definition) is 0. The molecule has 0 aliphatic carbocycles. The highest BCUT2D eigenvalue weighted by molar-refractivity contribution is 9.10. The molecule has 0 fully saturated rings. The molecule has 1 aliphatic rings. The molecule has 0 atom stereocenters. The zero-order valence-electron chi connectivity index (χ0n) is 9.83. The van der Waals surface area contributed by atoms with Crippen LogP contribution in [0.5, 0.6) is 11.5 Å². The van der Waals surface area contributed by atoms with Crippen molar-refractivity contribution in [3.63, 3.8) is 0 Å². The van der Waals surface area contributed by atoms with Gasteiger partial charge < -0.3 is 14.4 Å². The summed E-state index contributed by atoms with van der Waals surface area (Å²) in [5.41, 5.74) is 0.609. The maximum atomic E-state index is 12.2. The third-order valence-corrected chi connectivity index (χ3v) is 3.40. The van der Waals surface area contributed by atoms with E-state index < -0.39 is 0 Å². The van der Waals surface area contributed by atoms with Crippen molar-refractivity contribution >= 4 is 21.8 Å². The van der Waals surface area contributed by atoms with Gasteiger partial charge in [-0.05, 0) is 41.9 Å². The Morgan fingerprint density at radius 2 is 1.88 bits per heavy atom. The number of carbonyl (C=O) groups excluding carboxylic acids is 1. The molecular formula is C12H14BrNO3. The highest BCUT2D eigenvalue weighted by atomic mass is 79.9. The average molecular weight is 300 g/mol. The van der Waals surface area contributed by atoms with Gasteiger partial charge in [0.15, 0.2) is 11.5 Å². The van der Waals surface area contributed by atoms with Gasteiger partial charge in [0.05, 0.1) is 5.56 Å². The molecule has 1 aromatic carbocycles. The summed E-state index contributed by atoms with van der Waals surface area (Å²) in [6.07, 6.45) is 0. The number of carbonyl (C=O) groups is 1. The Hall–Kier alpha value is -1.23. The molecular weight excluding hydrogens is 286 g/mol. The third kappa shape index (κ3) is 2.24. The topological polar surface area (TPSA) is 38.8 Å². The molecule has 0 aromatic heterocycles. The molecule has 1 aromatic rings. The van der Waals surface area contributed by atoms with E-state index in [9.17, 15) is 4.79 Å². The van der Waals surface area contributed by atoms with Gasteiger partial charge in [0, 0.05) is 17.6 Å². The zero-order chi connectivity index (χ0) is 12.4. The quantitative estimate of drug-likeness (QED) is 0.861. The van der Waals surface area contributed by atoms with Crippen molar-refractivity contribution in [1.82, 2.24) is 4.90 Å². The van der Waals surface area contributed by atoms with Gasteiger partial charge in [-0.3, -0.25) is 4.79 Å². The van der Waals surface area contributed by atoms with Crippen LogP contribution in [0.25, 0.3) is 0 Å². The van der Waals surface area contributed by atoms with E-state index in [2.05, 4.69) is 15.9 Å². The van der Waals surface area contributed by atoms with Crippen molar-refractivity contribution in [3.8, 4) is 11.5 Å². The zero-order valence-corrected chi connectivity index (χ0v) is 11.4. The van der Waals surface area contributed by atoms with E-state index in [0.29, 0.717) is 30.2 Å². The number of rotatable bonds is 3. The van der Waals surface area contributed by atoms with Crippen LogP contribution in [0.1, 0.15) is 24.2 Å². The lowest BCUT2D eigenvalue weighted by molar-refractivity contribution is 0.0771. The van der Waals surface area contributed by atoms with Crippen LogP contribution in [0.4, 0.5) is 0 Å². The molecule has 0 N–H and O–H groups in total. The lowest BCUT2D eigenvalue weighted by atomic mass is 10.1. The normalized spacial score (nSPS) is 12.6. The summed E-state index contributed by atoms with van der Waals surface area (Å²) in [5, 5.41) is 0. The Morgan fingerprint density at radius 1 is 1.29 bits per heavy atom. The van der Waals surface area contributed by atoms with Crippen LogP contribution >= 0.6 is 15.9 Å². The summed E-state index contributed by atoms with van der Waals surface area (Å²) >= 11 is 3.39. The molecule has 0 spiro atoms. The number of ether oxygens (including phenoxy) is 2. The van der Waals surface area contributed by atoms with Gasteiger partial charge in [-0.15, -0.1) is 0 Å². The second-order valence-corrected chi connectivity index (χ2v) is 4.52. The van der Waals surface area contributed by atoms with Crippen molar-refractivity contribution in [2.24, 2.45) is 0 Å². The largest absolute Gasteiger partial charge is 0.454 e. The molecule has 1 amide bonds. The first-order valence-electron chi connectivity index (χ1n) is 5.55. The SMILES string of the molecule is CCN(CC)C(=O)c1cc2c(cc1Br)OCO2. The van der Waals surface area contributed by atoms with Crippen LogP contribution in [0.3, 0.4) is 0 Å². The molecule has 17 heavy (non-hydrogen) atoms. The fourth-order valence-electron chi connectivity index (χ4n) is 1.76. The monoisotopic (exact) mass is 299 g/mol. The highest BCUT2D eigenvalue weighted by Gasteiger charge is 2.22. The van der Waals surface area contributed by atoms with E-state index in [4.69, 9.17) is 9.47 Å². The Kier molecular flexibility index (Phi) is 3.57. The van der Waals surface area contributed by atoms with Crippen LogP contribution < -0.4 is 9.47 Å². The summed E-state index contributed by atoms with van der Waals surface area (Å²) in [7, 11) is 0. The summed E-state index contributed by atoms with van der Waals surface area (Å²) in [4.78, 5) is 14.0. The van der Waals surface area contributed by atoms with E-state index in [1.807, 2.05) is 13.8 Å². The van der Waals surface area contributed by atoms with Gasteiger partial charge >= 0.3 is 0 Å². The first kappa shape index (κ1) is 12.2. The number of amides is 1. The number of benzene rings is 1. The standard InChI is InChI=1S/C12H14BrNO3/c1-3-14(4-2)12(15)8-5-10-11(6-9(8)13)17-7-16-10/h5-6H,3-4,7H2,1-2H3. The first-order valence-corrected chi connectivity index (χ1v) is 6.35. The maximum absolute atomic E-state index is 12.2. The summed E-state index contributed by atoms with van der Waals surface area (Å²) < 4.78 is 11.3. The molecule has 1 heterocycles. The van der Waals surface area contributed by atoms with Gasteiger partial charge in [0.1, 0.15) is 0 Å². The van der Waals surface area contributed by atoms with E-state index in [-0.39, 0.29) is 12.7 Å².